The average molecular weight is 398 g/mol. The first-order chi connectivity index (χ1) is 12.5. The predicted molar refractivity (Wildman–Crippen MR) is 96.0 cm³/mol. The number of hydrogen-bond acceptors (Lipinski definition) is 7. The Labute approximate surface area is 157 Å². The van der Waals surface area contributed by atoms with E-state index in [4.69, 9.17) is 9.57 Å². The average Bonchev–Trinajstić information content (AvgIpc) is 3.02. The quantitative estimate of drug-likeness (QED) is 0.774. The van der Waals surface area contributed by atoms with Crippen LogP contribution in [0.4, 0.5) is 4.79 Å². The molecule has 148 valence electrons. The lowest BCUT2D eigenvalue weighted by Crippen LogP contribution is -2.45. The van der Waals surface area contributed by atoms with Crippen molar-refractivity contribution in [1.29, 1.82) is 0 Å². The third kappa shape index (κ3) is 5.68. The van der Waals surface area contributed by atoms with Crippen LogP contribution in [0.2, 0.25) is 0 Å². The number of ether oxygens (including phenoxy) is 1. The number of nitrogens with zero attached hydrogens (tertiary/aromatic N) is 1. The van der Waals surface area contributed by atoms with Crippen molar-refractivity contribution >= 4 is 26.9 Å². The molecule has 2 N–H and O–H groups in total. The van der Waals surface area contributed by atoms with Crippen molar-refractivity contribution in [3.05, 3.63) is 30.3 Å². The van der Waals surface area contributed by atoms with E-state index in [0.717, 1.165) is 0 Å². The van der Waals surface area contributed by atoms with Crippen molar-refractivity contribution < 1.29 is 32.7 Å². The Morgan fingerprint density at radius 1 is 1.33 bits per heavy atom. The van der Waals surface area contributed by atoms with Crippen LogP contribution in [-0.4, -0.2) is 48.4 Å². The lowest BCUT2D eigenvalue weighted by Gasteiger charge is -2.22. The van der Waals surface area contributed by atoms with E-state index < -0.39 is 39.6 Å². The molecule has 0 saturated carbocycles. The Morgan fingerprint density at radius 3 is 2.52 bits per heavy atom. The molecule has 0 aromatic heterocycles. The number of benzene rings is 1. The van der Waals surface area contributed by atoms with Gasteiger partial charge in [0.2, 0.25) is 9.84 Å². The van der Waals surface area contributed by atoms with Crippen molar-refractivity contribution in [2.75, 3.05) is 0 Å². The van der Waals surface area contributed by atoms with E-state index in [9.17, 15) is 23.1 Å². The van der Waals surface area contributed by atoms with Gasteiger partial charge in [-0.15, -0.1) is 0 Å². The maximum Gasteiger partial charge on any atom is 0.408 e. The molecule has 27 heavy (non-hydrogen) atoms. The predicted octanol–water partition coefficient (Wildman–Crippen LogP) is 1.93. The minimum atomic E-state index is -3.81. The summed E-state index contributed by atoms with van der Waals surface area (Å²) in [6.45, 7) is 4.95. The molecule has 0 fully saturated rings. The van der Waals surface area contributed by atoms with Crippen LogP contribution in [0.25, 0.3) is 0 Å². The van der Waals surface area contributed by atoms with Crippen molar-refractivity contribution in [3.8, 4) is 0 Å². The zero-order valence-corrected chi connectivity index (χ0v) is 16.0. The van der Waals surface area contributed by atoms with Gasteiger partial charge in [0.15, 0.2) is 5.04 Å². The molecule has 0 radical (unpaired) electrons. The number of oxime groups is 1. The minimum absolute atomic E-state index is 0.0784. The highest BCUT2D eigenvalue weighted by molar-refractivity contribution is 8.06. The number of amides is 1. The van der Waals surface area contributed by atoms with Crippen molar-refractivity contribution in [2.24, 2.45) is 5.16 Å². The lowest BCUT2D eigenvalue weighted by molar-refractivity contribution is -0.140. The van der Waals surface area contributed by atoms with Crippen LogP contribution in [0.3, 0.4) is 0 Å². The Bertz CT molecular complexity index is 829. The molecule has 2 atom stereocenters. The topological polar surface area (TPSA) is 131 Å². The molecule has 2 rings (SSSR count). The SMILES string of the molecule is CC(C)(C)OC(=O)N[C@@H](CC1CC(S(=O)(=O)c2ccccc2)=NO1)C(=O)O. The Morgan fingerprint density at radius 2 is 1.96 bits per heavy atom. The Balaban J connectivity index is 2.00. The van der Waals surface area contributed by atoms with Crippen LogP contribution in [-0.2, 0) is 24.2 Å². The fourth-order valence-electron chi connectivity index (χ4n) is 2.36. The zero-order valence-electron chi connectivity index (χ0n) is 15.2. The molecule has 0 aliphatic carbocycles. The first-order valence-corrected chi connectivity index (χ1v) is 9.72. The number of nitrogens with one attached hydrogen (secondary N) is 1. The summed E-state index contributed by atoms with van der Waals surface area (Å²) in [5.41, 5.74) is -0.781. The van der Waals surface area contributed by atoms with Crippen LogP contribution >= 0.6 is 0 Å². The maximum atomic E-state index is 12.5. The maximum absolute atomic E-state index is 12.5. The number of carboxylic acid groups (broad SMARTS) is 1. The monoisotopic (exact) mass is 398 g/mol. The van der Waals surface area contributed by atoms with Crippen LogP contribution in [0.5, 0.6) is 0 Å². The fourth-order valence-corrected chi connectivity index (χ4v) is 3.69. The second-order valence-electron chi connectivity index (χ2n) is 7.01. The van der Waals surface area contributed by atoms with Crippen molar-refractivity contribution in [2.45, 2.75) is 56.3 Å². The zero-order chi connectivity index (χ0) is 20.2. The third-order valence-electron chi connectivity index (χ3n) is 3.56. The highest BCUT2D eigenvalue weighted by Gasteiger charge is 2.35. The van der Waals surface area contributed by atoms with Crippen LogP contribution in [0.1, 0.15) is 33.6 Å². The summed E-state index contributed by atoms with van der Waals surface area (Å²) in [6, 6.07) is 6.44. The summed E-state index contributed by atoms with van der Waals surface area (Å²) in [4.78, 5) is 28.4. The van der Waals surface area contributed by atoms with Gasteiger partial charge in [-0.2, -0.15) is 0 Å². The van der Waals surface area contributed by atoms with Crippen LogP contribution in [0, 0.1) is 0 Å². The van der Waals surface area contributed by atoms with E-state index in [1.54, 1.807) is 39.0 Å². The highest BCUT2D eigenvalue weighted by atomic mass is 32.2. The molecule has 1 aromatic carbocycles. The summed E-state index contributed by atoms with van der Waals surface area (Å²) < 4.78 is 30.1. The molecule has 0 spiro atoms. The molecule has 0 saturated heterocycles. The van der Waals surface area contributed by atoms with Gasteiger partial charge in [0.05, 0.1) is 4.90 Å². The molecule has 9 nitrogen and oxygen atoms in total. The smallest absolute Gasteiger partial charge is 0.408 e. The van der Waals surface area contributed by atoms with Gasteiger partial charge < -0.3 is 20.0 Å². The second kappa shape index (κ2) is 7.95. The number of sulfone groups is 1. The van der Waals surface area contributed by atoms with Crippen molar-refractivity contribution in [1.82, 2.24) is 5.32 Å². The first kappa shape index (κ1) is 20.7. The van der Waals surface area contributed by atoms with Gasteiger partial charge in [0.25, 0.3) is 0 Å². The number of carbonyl (C=O) groups is 2. The fraction of sp³-hybridized carbons (Fsp3) is 0.471. The van der Waals surface area contributed by atoms with E-state index in [1.807, 2.05) is 0 Å². The molecule has 1 aliphatic heterocycles. The molecule has 0 bridgehead atoms. The molecular weight excluding hydrogens is 376 g/mol. The molecule has 1 amide bonds. The Kier molecular flexibility index (Phi) is 6.09. The normalized spacial score (nSPS) is 18.2. The van der Waals surface area contributed by atoms with E-state index >= 15 is 0 Å². The summed E-state index contributed by atoms with van der Waals surface area (Å²) in [5.74, 6) is -1.29. The van der Waals surface area contributed by atoms with Gasteiger partial charge in [-0.05, 0) is 32.9 Å². The highest BCUT2D eigenvalue weighted by Crippen LogP contribution is 2.23. The summed E-state index contributed by atoms with van der Waals surface area (Å²) >= 11 is 0. The number of hydrogen-bond donors (Lipinski definition) is 2. The number of carbonyl (C=O) groups excluding carboxylic acids is 1. The largest absolute Gasteiger partial charge is 0.480 e. The van der Waals surface area contributed by atoms with Gasteiger partial charge in [-0.1, -0.05) is 23.4 Å². The second-order valence-corrected chi connectivity index (χ2v) is 8.96. The standard InChI is InChI=1S/C17H22N2O7S/c1-17(2,3)25-16(22)18-13(15(20)21)9-11-10-14(19-26-11)27(23,24)12-7-5-4-6-8-12/h4-8,11,13H,9-10H2,1-3H3,(H,18,22)(H,20,21)/t11?,13-/m0/s1. The summed E-state index contributed by atoms with van der Waals surface area (Å²) in [6.07, 6.45) is -1.93. The van der Waals surface area contributed by atoms with E-state index in [2.05, 4.69) is 10.5 Å². The van der Waals surface area contributed by atoms with Gasteiger partial charge in [-0.25, -0.2) is 18.0 Å². The molecule has 1 aromatic rings. The van der Waals surface area contributed by atoms with Crippen LogP contribution in [0.15, 0.2) is 40.4 Å². The number of carboxylic acids is 1. The molecular formula is C17H22N2O7S. The van der Waals surface area contributed by atoms with Crippen molar-refractivity contribution in [3.63, 3.8) is 0 Å². The first-order valence-electron chi connectivity index (χ1n) is 8.24. The lowest BCUT2D eigenvalue weighted by atomic mass is 10.1. The molecule has 1 unspecified atom stereocenters. The summed E-state index contributed by atoms with van der Waals surface area (Å²) in [5, 5.41) is 15.0. The molecule has 1 heterocycles. The van der Waals surface area contributed by atoms with E-state index in [0.29, 0.717) is 0 Å². The van der Waals surface area contributed by atoms with Gasteiger partial charge >= 0.3 is 12.1 Å². The third-order valence-corrected chi connectivity index (χ3v) is 5.31. The van der Waals surface area contributed by atoms with Gasteiger partial charge in [-0.3, -0.25) is 0 Å². The number of aliphatic carboxylic acids is 1. The number of alkyl carbamates (subject to hydrolysis) is 1. The minimum Gasteiger partial charge on any atom is -0.480 e. The van der Waals surface area contributed by atoms with E-state index in [1.165, 1.54) is 12.1 Å². The van der Waals surface area contributed by atoms with Gasteiger partial charge in [0, 0.05) is 12.8 Å². The van der Waals surface area contributed by atoms with Gasteiger partial charge in [0.1, 0.15) is 17.7 Å². The summed E-state index contributed by atoms with van der Waals surface area (Å²) in [7, 11) is -3.81. The molecule has 1 aliphatic rings. The Hall–Kier alpha value is -2.62. The number of rotatable bonds is 5. The van der Waals surface area contributed by atoms with E-state index in [-0.39, 0.29) is 22.8 Å². The molecule has 10 heteroatoms. The van der Waals surface area contributed by atoms with Crippen LogP contribution < -0.4 is 5.32 Å².